The van der Waals surface area contributed by atoms with E-state index in [0.29, 0.717) is 11.4 Å². The SMILES string of the molecule is Cc1nc(CCC(=O)NCCNC(=O)OC(C)(C)C)c(=O)n(OCc2ccccc2)c1C. The molecule has 0 radical (unpaired) electrons. The fourth-order valence-electron chi connectivity index (χ4n) is 2.78. The van der Waals surface area contributed by atoms with Gasteiger partial charge in [-0.25, -0.2) is 4.79 Å². The van der Waals surface area contributed by atoms with E-state index in [1.54, 1.807) is 34.6 Å². The Morgan fingerprint density at radius 2 is 1.72 bits per heavy atom. The summed E-state index contributed by atoms with van der Waals surface area (Å²) in [6.45, 7) is 9.62. The second-order valence-electron chi connectivity index (χ2n) is 8.37. The van der Waals surface area contributed by atoms with Gasteiger partial charge in [-0.15, -0.1) is 4.73 Å². The molecule has 0 bridgehead atoms. The lowest BCUT2D eigenvalue weighted by Crippen LogP contribution is -2.38. The Bertz CT molecular complexity index is 980. The third-order valence-electron chi connectivity index (χ3n) is 4.47. The third-order valence-corrected chi connectivity index (χ3v) is 4.47. The molecule has 2 amide bonds. The molecule has 0 atom stereocenters. The number of aryl methyl sites for hydroxylation is 2. The number of benzene rings is 1. The zero-order valence-corrected chi connectivity index (χ0v) is 19.4. The predicted octanol–water partition coefficient (Wildman–Crippen LogP) is 2.06. The van der Waals surface area contributed by atoms with Crippen LogP contribution in [0.2, 0.25) is 0 Å². The van der Waals surface area contributed by atoms with Crippen molar-refractivity contribution in [1.82, 2.24) is 20.3 Å². The van der Waals surface area contributed by atoms with E-state index in [9.17, 15) is 14.4 Å². The summed E-state index contributed by atoms with van der Waals surface area (Å²) in [6, 6.07) is 9.54. The maximum Gasteiger partial charge on any atom is 0.407 e. The van der Waals surface area contributed by atoms with E-state index in [1.807, 2.05) is 30.3 Å². The van der Waals surface area contributed by atoms with Gasteiger partial charge in [0.25, 0.3) is 0 Å². The summed E-state index contributed by atoms with van der Waals surface area (Å²) in [6.07, 6.45) is -0.266. The van der Waals surface area contributed by atoms with Gasteiger partial charge in [0.2, 0.25) is 5.91 Å². The minimum atomic E-state index is -0.579. The molecule has 9 heteroatoms. The van der Waals surface area contributed by atoms with E-state index in [1.165, 1.54) is 4.73 Å². The lowest BCUT2D eigenvalue weighted by atomic mass is 10.2. The van der Waals surface area contributed by atoms with Crippen LogP contribution in [-0.2, 0) is 22.6 Å². The van der Waals surface area contributed by atoms with Crippen molar-refractivity contribution < 1.29 is 19.2 Å². The van der Waals surface area contributed by atoms with Crippen molar-refractivity contribution in [3.63, 3.8) is 0 Å². The standard InChI is InChI=1S/C23H32N4O5/c1-16-17(2)27(31-15-18-9-7-6-8-10-18)21(29)19(26-16)11-12-20(28)24-13-14-25-22(30)32-23(3,4)5/h6-10H,11-15H2,1-5H3,(H,24,28)(H,25,30). The number of hydrogen-bond acceptors (Lipinski definition) is 6. The van der Waals surface area contributed by atoms with Crippen LogP contribution in [0.1, 0.15) is 49.8 Å². The van der Waals surface area contributed by atoms with Gasteiger partial charge in [0.15, 0.2) is 0 Å². The second-order valence-corrected chi connectivity index (χ2v) is 8.37. The molecule has 0 saturated carbocycles. The Morgan fingerprint density at radius 3 is 2.38 bits per heavy atom. The maximum absolute atomic E-state index is 12.8. The van der Waals surface area contributed by atoms with Gasteiger partial charge in [-0.3, -0.25) is 14.6 Å². The van der Waals surface area contributed by atoms with Crippen LogP contribution in [0.25, 0.3) is 0 Å². The smallest absolute Gasteiger partial charge is 0.407 e. The molecule has 1 aromatic heterocycles. The van der Waals surface area contributed by atoms with Gasteiger partial charge in [-0.05, 0) is 40.2 Å². The van der Waals surface area contributed by atoms with Crippen LogP contribution in [0, 0.1) is 13.8 Å². The Morgan fingerprint density at radius 1 is 1.06 bits per heavy atom. The first-order valence-corrected chi connectivity index (χ1v) is 10.6. The lowest BCUT2D eigenvalue weighted by molar-refractivity contribution is -0.121. The quantitative estimate of drug-likeness (QED) is 0.573. The van der Waals surface area contributed by atoms with E-state index in [-0.39, 0.29) is 49.7 Å². The van der Waals surface area contributed by atoms with E-state index in [0.717, 1.165) is 5.56 Å². The molecule has 1 heterocycles. The number of alkyl carbamates (subject to hydrolysis) is 1. The number of carbonyl (C=O) groups excluding carboxylic acids is 2. The number of rotatable bonds is 9. The Kier molecular flexibility index (Phi) is 8.80. The first kappa shape index (κ1) is 24.9. The van der Waals surface area contributed by atoms with E-state index >= 15 is 0 Å². The number of amides is 2. The minimum absolute atomic E-state index is 0.0931. The minimum Gasteiger partial charge on any atom is -0.444 e. The Hall–Kier alpha value is -3.36. The molecular weight excluding hydrogens is 412 g/mol. The van der Waals surface area contributed by atoms with Crippen LogP contribution in [0.4, 0.5) is 4.79 Å². The number of aromatic nitrogens is 2. The molecule has 0 fully saturated rings. The maximum atomic E-state index is 12.8. The predicted molar refractivity (Wildman–Crippen MR) is 120 cm³/mol. The monoisotopic (exact) mass is 444 g/mol. The van der Waals surface area contributed by atoms with Crippen LogP contribution in [0.3, 0.4) is 0 Å². The summed E-state index contributed by atoms with van der Waals surface area (Å²) in [5.74, 6) is -0.243. The van der Waals surface area contributed by atoms with Gasteiger partial charge in [-0.2, -0.15) is 0 Å². The summed E-state index contributed by atoms with van der Waals surface area (Å²) in [4.78, 5) is 46.6. The van der Waals surface area contributed by atoms with Gasteiger partial charge in [-0.1, -0.05) is 30.3 Å². The molecule has 0 spiro atoms. The normalized spacial score (nSPS) is 11.0. The van der Waals surface area contributed by atoms with Gasteiger partial charge in [0.1, 0.15) is 17.9 Å². The summed E-state index contributed by atoms with van der Waals surface area (Å²) >= 11 is 0. The highest BCUT2D eigenvalue weighted by Gasteiger charge is 2.16. The highest BCUT2D eigenvalue weighted by Crippen LogP contribution is 2.06. The number of hydrogen-bond donors (Lipinski definition) is 2. The van der Waals surface area contributed by atoms with Crippen molar-refractivity contribution in [2.45, 2.75) is 59.7 Å². The molecule has 0 aliphatic carbocycles. The molecule has 0 saturated heterocycles. The Balaban J connectivity index is 1.87. The molecule has 0 aliphatic heterocycles. The van der Waals surface area contributed by atoms with Gasteiger partial charge in [0.05, 0.1) is 11.4 Å². The first-order chi connectivity index (χ1) is 15.1. The molecule has 2 aromatic rings. The van der Waals surface area contributed by atoms with Gasteiger partial charge in [0, 0.05) is 25.9 Å². The van der Waals surface area contributed by atoms with Crippen molar-refractivity contribution in [2.24, 2.45) is 0 Å². The molecule has 0 unspecified atom stereocenters. The number of nitrogens with one attached hydrogen (secondary N) is 2. The second kappa shape index (κ2) is 11.3. The molecule has 2 N–H and O–H groups in total. The van der Waals surface area contributed by atoms with Crippen molar-refractivity contribution in [3.05, 3.63) is 63.3 Å². The molecule has 9 nitrogen and oxygen atoms in total. The molecule has 174 valence electrons. The first-order valence-electron chi connectivity index (χ1n) is 10.6. The highest BCUT2D eigenvalue weighted by molar-refractivity contribution is 5.76. The van der Waals surface area contributed by atoms with E-state index in [2.05, 4.69) is 15.6 Å². The van der Waals surface area contributed by atoms with E-state index in [4.69, 9.17) is 9.57 Å². The van der Waals surface area contributed by atoms with Gasteiger partial charge >= 0.3 is 11.7 Å². The average Bonchev–Trinajstić information content (AvgIpc) is 2.72. The average molecular weight is 445 g/mol. The van der Waals surface area contributed by atoms with Crippen molar-refractivity contribution in [2.75, 3.05) is 13.1 Å². The number of carbonyl (C=O) groups is 2. The van der Waals surface area contributed by atoms with Crippen molar-refractivity contribution >= 4 is 12.0 Å². The van der Waals surface area contributed by atoms with Crippen molar-refractivity contribution in [3.8, 4) is 0 Å². The topological polar surface area (TPSA) is 112 Å². The van der Waals surface area contributed by atoms with Crippen molar-refractivity contribution in [1.29, 1.82) is 0 Å². The number of nitrogens with zero attached hydrogens (tertiary/aromatic N) is 2. The zero-order valence-electron chi connectivity index (χ0n) is 19.4. The number of ether oxygens (including phenoxy) is 1. The largest absolute Gasteiger partial charge is 0.444 e. The fourth-order valence-corrected chi connectivity index (χ4v) is 2.78. The summed E-state index contributed by atoms with van der Waals surface area (Å²) < 4.78 is 6.37. The summed E-state index contributed by atoms with van der Waals surface area (Å²) in [5, 5.41) is 5.27. The fraction of sp³-hybridized carbons (Fsp3) is 0.478. The van der Waals surface area contributed by atoms with Crippen LogP contribution < -0.4 is 21.0 Å². The molecule has 32 heavy (non-hydrogen) atoms. The third kappa shape index (κ3) is 8.05. The van der Waals surface area contributed by atoms with E-state index < -0.39 is 11.7 Å². The van der Waals surface area contributed by atoms with Gasteiger partial charge < -0.3 is 20.2 Å². The highest BCUT2D eigenvalue weighted by atomic mass is 16.7. The molecule has 0 aliphatic rings. The van der Waals surface area contributed by atoms with Crippen LogP contribution in [-0.4, -0.2) is 40.4 Å². The lowest BCUT2D eigenvalue weighted by Gasteiger charge is -2.19. The molecule has 2 rings (SSSR count). The van der Waals surface area contributed by atoms with Crippen LogP contribution in [0.5, 0.6) is 0 Å². The Labute approximate surface area is 188 Å². The molecular formula is C23H32N4O5. The summed E-state index contributed by atoms with van der Waals surface area (Å²) in [7, 11) is 0. The summed E-state index contributed by atoms with van der Waals surface area (Å²) in [5.41, 5.74) is 1.53. The molecule has 1 aromatic carbocycles. The van der Waals surface area contributed by atoms with Crippen LogP contribution in [0.15, 0.2) is 35.1 Å². The zero-order chi connectivity index (χ0) is 23.7. The van der Waals surface area contributed by atoms with Crippen LogP contribution >= 0.6 is 0 Å².